The number of nitrogens with two attached hydrogens (primary N) is 1. The number of rotatable bonds is 7. The quantitative estimate of drug-likeness (QED) is 0.566. The van der Waals surface area contributed by atoms with Crippen LogP contribution in [0.1, 0.15) is 47.7 Å². The third-order valence-electron chi connectivity index (χ3n) is 4.94. The van der Waals surface area contributed by atoms with E-state index < -0.39 is 11.8 Å². The summed E-state index contributed by atoms with van der Waals surface area (Å²) in [5, 5.41) is 3.51. The molecule has 0 aliphatic heterocycles. The van der Waals surface area contributed by atoms with Crippen LogP contribution in [0.3, 0.4) is 0 Å². The molecule has 3 aromatic heterocycles. The zero-order valence-electron chi connectivity index (χ0n) is 16.3. The molecule has 1 aliphatic rings. The van der Waals surface area contributed by atoms with Crippen LogP contribution in [0.5, 0.6) is 0 Å². The maximum absolute atomic E-state index is 12.7. The average Bonchev–Trinajstić information content (AvgIpc) is 3.51. The molecule has 1 aliphatic carbocycles. The highest BCUT2D eigenvalue weighted by Crippen LogP contribution is 2.43. The monoisotopic (exact) mass is 420 g/mol. The van der Waals surface area contributed by atoms with Crippen LogP contribution in [0.15, 0.2) is 43.6 Å². The summed E-state index contributed by atoms with van der Waals surface area (Å²) in [7, 11) is 0. The number of hydrogen-bond acceptors (Lipinski definition) is 7. The number of anilines is 1. The van der Waals surface area contributed by atoms with E-state index >= 15 is 0 Å². The lowest BCUT2D eigenvalue weighted by Gasteiger charge is -2.12. The lowest BCUT2D eigenvalue weighted by Crippen LogP contribution is -2.18. The molecule has 0 radical (unpaired) electrons. The van der Waals surface area contributed by atoms with Gasteiger partial charge in [-0.2, -0.15) is 0 Å². The zero-order chi connectivity index (χ0) is 21.3. The second-order valence-corrected chi connectivity index (χ2v) is 8.25. The third kappa shape index (κ3) is 4.25. The molecule has 4 rings (SSSR count). The van der Waals surface area contributed by atoms with Gasteiger partial charge in [-0.25, -0.2) is 4.98 Å². The molecular weight excluding hydrogens is 400 g/mol. The first kappa shape index (κ1) is 19.8. The molecule has 152 valence electrons. The van der Waals surface area contributed by atoms with E-state index in [0.717, 1.165) is 5.56 Å². The Bertz CT molecular complexity index is 1120. The number of carbonyl (C=O) groups is 2. The minimum atomic E-state index is -0.648. The number of nitrogens with zero attached hydrogens (tertiary/aromatic N) is 4. The van der Waals surface area contributed by atoms with Gasteiger partial charge in [0, 0.05) is 29.0 Å². The van der Waals surface area contributed by atoms with Crippen molar-refractivity contribution in [3.63, 3.8) is 0 Å². The van der Waals surface area contributed by atoms with Crippen molar-refractivity contribution in [1.29, 1.82) is 0 Å². The van der Waals surface area contributed by atoms with Crippen molar-refractivity contribution in [1.82, 2.24) is 19.9 Å². The van der Waals surface area contributed by atoms with Crippen molar-refractivity contribution in [3.8, 4) is 11.3 Å². The molecule has 8 nitrogen and oxygen atoms in total. The van der Waals surface area contributed by atoms with Crippen LogP contribution in [0.25, 0.3) is 16.8 Å². The van der Waals surface area contributed by atoms with E-state index in [-0.39, 0.29) is 11.5 Å². The predicted molar refractivity (Wildman–Crippen MR) is 115 cm³/mol. The summed E-state index contributed by atoms with van der Waals surface area (Å²) < 4.78 is 0. The normalized spacial score (nSPS) is 14.2. The smallest absolute Gasteiger partial charge is 0.250 e. The molecule has 1 fully saturated rings. The standard InChI is InChI=1S/C21H20N6O2S/c1-11(20(29)27-21-26-10-18(30-21)13-3-4-13)14-5-15(7-23-6-14)17-9-24-16(8-25-17)12(2)19(22)28/h5-11,13H,2-4H2,1H3,(H2,22,28)(H,26,27,29). The molecule has 0 saturated heterocycles. The van der Waals surface area contributed by atoms with Crippen molar-refractivity contribution in [2.75, 3.05) is 5.32 Å². The fourth-order valence-electron chi connectivity index (χ4n) is 2.86. The number of carbonyl (C=O) groups excluding carboxylic acids is 2. The second kappa shape index (κ2) is 8.11. The molecule has 30 heavy (non-hydrogen) atoms. The molecule has 1 saturated carbocycles. The molecule has 0 bridgehead atoms. The van der Waals surface area contributed by atoms with Crippen molar-refractivity contribution in [3.05, 3.63) is 59.8 Å². The number of primary amides is 1. The lowest BCUT2D eigenvalue weighted by molar-refractivity contribution is -0.117. The largest absolute Gasteiger partial charge is 0.366 e. The van der Waals surface area contributed by atoms with E-state index in [4.69, 9.17) is 5.73 Å². The summed E-state index contributed by atoms with van der Waals surface area (Å²) >= 11 is 1.53. The zero-order valence-corrected chi connectivity index (χ0v) is 17.1. The SMILES string of the molecule is C=C(C(N)=O)c1cnc(-c2cncc(C(C)C(=O)Nc3ncc(C4CC4)s3)c2)cn1. The van der Waals surface area contributed by atoms with E-state index in [2.05, 4.69) is 31.8 Å². The predicted octanol–water partition coefficient (Wildman–Crippen LogP) is 3.11. The van der Waals surface area contributed by atoms with E-state index in [1.165, 1.54) is 41.4 Å². The molecule has 0 aromatic carbocycles. The van der Waals surface area contributed by atoms with Gasteiger partial charge in [0.1, 0.15) is 0 Å². The fraction of sp³-hybridized carbons (Fsp3) is 0.238. The first-order valence-corrected chi connectivity index (χ1v) is 10.3. The molecule has 9 heteroatoms. The van der Waals surface area contributed by atoms with Gasteiger partial charge in [0.15, 0.2) is 5.13 Å². The molecule has 0 spiro atoms. The average molecular weight is 420 g/mol. The first-order chi connectivity index (χ1) is 14.4. The Balaban J connectivity index is 1.48. The van der Waals surface area contributed by atoms with Gasteiger partial charge in [0.2, 0.25) is 11.8 Å². The van der Waals surface area contributed by atoms with Crippen LogP contribution < -0.4 is 11.1 Å². The van der Waals surface area contributed by atoms with Gasteiger partial charge in [-0.15, -0.1) is 11.3 Å². The van der Waals surface area contributed by atoms with Crippen molar-refractivity contribution in [2.24, 2.45) is 5.73 Å². The minimum absolute atomic E-state index is 0.0956. The Morgan fingerprint density at radius 3 is 2.63 bits per heavy atom. The van der Waals surface area contributed by atoms with Gasteiger partial charge in [0.05, 0.1) is 35.3 Å². The summed E-state index contributed by atoms with van der Waals surface area (Å²) in [6, 6.07) is 1.85. The molecular formula is C21H20N6O2S. The van der Waals surface area contributed by atoms with Crippen LogP contribution in [-0.2, 0) is 9.59 Å². The van der Waals surface area contributed by atoms with Gasteiger partial charge in [0.25, 0.3) is 0 Å². The van der Waals surface area contributed by atoms with Crippen LogP contribution in [0.4, 0.5) is 5.13 Å². The van der Waals surface area contributed by atoms with E-state index in [1.807, 2.05) is 19.2 Å². The number of nitrogens with one attached hydrogen (secondary N) is 1. The number of aromatic nitrogens is 4. The summed E-state index contributed by atoms with van der Waals surface area (Å²) in [4.78, 5) is 42.2. The van der Waals surface area contributed by atoms with Gasteiger partial charge >= 0.3 is 0 Å². The number of pyridine rings is 1. The molecule has 1 unspecified atom stereocenters. The summed E-state index contributed by atoms with van der Waals surface area (Å²) in [6.45, 7) is 5.41. The topological polar surface area (TPSA) is 124 Å². The summed E-state index contributed by atoms with van der Waals surface area (Å²) in [5.74, 6) is -0.610. The minimum Gasteiger partial charge on any atom is -0.366 e. The molecule has 1 atom stereocenters. The Hall–Kier alpha value is -3.46. The second-order valence-electron chi connectivity index (χ2n) is 7.19. The fourth-order valence-corrected chi connectivity index (χ4v) is 3.85. The highest BCUT2D eigenvalue weighted by Gasteiger charge is 2.26. The Morgan fingerprint density at radius 1 is 1.17 bits per heavy atom. The maximum atomic E-state index is 12.7. The van der Waals surface area contributed by atoms with Crippen LogP contribution in [0, 0.1) is 0 Å². The first-order valence-electron chi connectivity index (χ1n) is 9.45. The lowest BCUT2D eigenvalue weighted by atomic mass is 10.00. The summed E-state index contributed by atoms with van der Waals surface area (Å²) in [5.41, 5.74) is 7.65. The number of thiazole rings is 1. The van der Waals surface area contributed by atoms with E-state index in [1.54, 1.807) is 12.4 Å². The highest BCUT2D eigenvalue weighted by molar-refractivity contribution is 7.15. The van der Waals surface area contributed by atoms with Crippen LogP contribution in [-0.4, -0.2) is 31.8 Å². The summed E-state index contributed by atoms with van der Waals surface area (Å²) in [6.07, 6.45) is 10.5. The van der Waals surface area contributed by atoms with E-state index in [9.17, 15) is 9.59 Å². The van der Waals surface area contributed by atoms with Gasteiger partial charge < -0.3 is 11.1 Å². The van der Waals surface area contributed by atoms with Crippen LogP contribution in [0.2, 0.25) is 0 Å². The Kier molecular flexibility index (Phi) is 5.37. The van der Waals surface area contributed by atoms with Crippen molar-refractivity contribution in [2.45, 2.75) is 31.6 Å². The van der Waals surface area contributed by atoms with E-state index in [0.29, 0.717) is 28.0 Å². The van der Waals surface area contributed by atoms with Gasteiger partial charge in [-0.1, -0.05) is 6.58 Å². The Morgan fingerprint density at radius 2 is 1.97 bits per heavy atom. The molecule has 3 heterocycles. The number of hydrogen-bond donors (Lipinski definition) is 2. The van der Waals surface area contributed by atoms with Crippen molar-refractivity contribution >= 4 is 33.9 Å². The molecule has 3 N–H and O–H groups in total. The maximum Gasteiger partial charge on any atom is 0.250 e. The third-order valence-corrected chi connectivity index (χ3v) is 6.02. The van der Waals surface area contributed by atoms with Crippen molar-refractivity contribution < 1.29 is 9.59 Å². The molecule has 3 aromatic rings. The van der Waals surface area contributed by atoms with Crippen LogP contribution >= 0.6 is 11.3 Å². The van der Waals surface area contributed by atoms with Gasteiger partial charge in [-0.05, 0) is 37.3 Å². The number of amides is 2. The Labute approximate surface area is 177 Å². The van der Waals surface area contributed by atoms with Gasteiger partial charge in [-0.3, -0.25) is 24.5 Å². The highest BCUT2D eigenvalue weighted by atomic mass is 32.1. The molecule has 2 amide bonds.